The minimum atomic E-state index is 0.261. The quantitative estimate of drug-likeness (QED) is 0.769. The third-order valence-corrected chi connectivity index (χ3v) is 4.35. The topological polar surface area (TPSA) is 12.0 Å². The predicted molar refractivity (Wildman–Crippen MR) is 78.9 cm³/mol. The van der Waals surface area contributed by atoms with Gasteiger partial charge in [-0.15, -0.1) is 6.58 Å². The highest BCUT2D eigenvalue weighted by molar-refractivity contribution is 5.30. The van der Waals surface area contributed by atoms with Gasteiger partial charge < -0.3 is 5.32 Å². The molecule has 0 aliphatic heterocycles. The number of benzene rings is 1. The highest BCUT2D eigenvalue weighted by Crippen LogP contribution is 2.42. The molecule has 1 N–H and O–H groups in total. The minimum absolute atomic E-state index is 0.261. The lowest BCUT2D eigenvalue weighted by molar-refractivity contribution is 0.242. The Bertz CT molecular complexity index is 362. The van der Waals surface area contributed by atoms with Crippen LogP contribution in [0.2, 0.25) is 0 Å². The van der Waals surface area contributed by atoms with E-state index in [0.717, 1.165) is 6.54 Å². The molecule has 1 nitrogen and oxygen atoms in total. The van der Waals surface area contributed by atoms with E-state index in [9.17, 15) is 0 Å². The molecule has 1 aliphatic carbocycles. The molecule has 0 heterocycles. The van der Waals surface area contributed by atoms with Crippen LogP contribution in [-0.4, -0.2) is 12.6 Å². The summed E-state index contributed by atoms with van der Waals surface area (Å²) in [5.74, 6) is 0. The zero-order valence-electron chi connectivity index (χ0n) is 11.5. The van der Waals surface area contributed by atoms with Crippen molar-refractivity contribution in [3.8, 4) is 0 Å². The van der Waals surface area contributed by atoms with Gasteiger partial charge in [-0.05, 0) is 24.9 Å². The van der Waals surface area contributed by atoms with Crippen LogP contribution in [0.3, 0.4) is 0 Å². The molecule has 0 radical (unpaired) electrons. The fourth-order valence-electron chi connectivity index (χ4n) is 3.46. The van der Waals surface area contributed by atoms with Gasteiger partial charge in [0.05, 0.1) is 0 Å². The van der Waals surface area contributed by atoms with Crippen LogP contribution in [0.15, 0.2) is 43.0 Å². The second-order valence-electron chi connectivity index (χ2n) is 5.35. The first-order valence-electron chi connectivity index (χ1n) is 7.25. The first-order chi connectivity index (χ1) is 8.83. The first kappa shape index (κ1) is 13.4. The lowest BCUT2D eigenvalue weighted by Gasteiger charge is -2.43. The summed E-state index contributed by atoms with van der Waals surface area (Å²) in [7, 11) is 0. The molecule has 0 saturated heterocycles. The maximum absolute atomic E-state index is 4.06. The van der Waals surface area contributed by atoms with E-state index in [1.165, 1.54) is 37.7 Å². The van der Waals surface area contributed by atoms with Gasteiger partial charge in [0.25, 0.3) is 0 Å². The summed E-state index contributed by atoms with van der Waals surface area (Å²) in [5, 5.41) is 3.62. The van der Waals surface area contributed by atoms with E-state index in [2.05, 4.69) is 55.2 Å². The molecule has 0 spiro atoms. The predicted octanol–water partition coefficient (Wildman–Crippen LogP) is 4.05. The van der Waals surface area contributed by atoms with E-state index < -0.39 is 0 Å². The van der Waals surface area contributed by atoms with Crippen molar-refractivity contribution < 1.29 is 0 Å². The fourth-order valence-corrected chi connectivity index (χ4v) is 3.46. The third-order valence-electron chi connectivity index (χ3n) is 4.35. The van der Waals surface area contributed by atoms with Crippen LogP contribution in [0, 0.1) is 0 Å². The lowest BCUT2D eigenvalue weighted by atomic mass is 9.65. The van der Waals surface area contributed by atoms with Gasteiger partial charge in [-0.2, -0.15) is 0 Å². The Balaban J connectivity index is 2.36. The Hall–Kier alpha value is -1.08. The Labute approximate surface area is 111 Å². The van der Waals surface area contributed by atoms with Crippen molar-refractivity contribution in [2.45, 2.75) is 50.5 Å². The second kappa shape index (κ2) is 6.19. The molecule has 1 unspecified atom stereocenters. The van der Waals surface area contributed by atoms with E-state index >= 15 is 0 Å². The third kappa shape index (κ3) is 2.51. The summed E-state index contributed by atoms with van der Waals surface area (Å²) < 4.78 is 0. The zero-order chi connectivity index (χ0) is 12.8. The van der Waals surface area contributed by atoms with Crippen LogP contribution < -0.4 is 5.32 Å². The van der Waals surface area contributed by atoms with Crippen molar-refractivity contribution in [3.63, 3.8) is 0 Å². The van der Waals surface area contributed by atoms with Crippen LogP contribution >= 0.6 is 0 Å². The molecule has 98 valence electrons. The highest BCUT2D eigenvalue weighted by Gasteiger charge is 2.39. The van der Waals surface area contributed by atoms with Gasteiger partial charge in [-0.25, -0.2) is 0 Å². The van der Waals surface area contributed by atoms with E-state index in [-0.39, 0.29) is 5.41 Å². The molecule has 1 aliphatic rings. The minimum Gasteiger partial charge on any atom is -0.310 e. The number of rotatable bonds is 5. The summed E-state index contributed by atoms with van der Waals surface area (Å²) in [5.41, 5.74) is 1.74. The Kier molecular flexibility index (Phi) is 4.60. The largest absolute Gasteiger partial charge is 0.310 e. The van der Waals surface area contributed by atoms with Gasteiger partial charge in [-0.1, -0.05) is 62.6 Å². The molecule has 2 rings (SSSR count). The first-order valence-corrected chi connectivity index (χ1v) is 7.25. The average Bonchev–Trinajstić information content (AvgIpc) is 2.46. The normalized spacial score (nSPS) is 20.3. The summed E-state index contributed by atoms with van der Waals surface area (Å²) in [6, 6.07) is 11.4. The van der Waals surface area contributed by atoms with E-state index in [1.54, 1.807) is 0 Å². The molecule has 0 amide bonds. The number of nitrogens with one attached hydrogen (secondary N) is 1. The number of hydrogen-bond donors (Lipinski definition) is 1. The van der Waals surface area contributed by atoms with Gasteiger partial charge in [0.2, 0.25) is 0 Å². The lowest BCUT2D eigenvalue weighted by Crippen LogP contribution is -2.48. The van der Waals surface area contributed by atoms with Gasteiger partial charge in [0.1, 0.15) is 0 Å². The van der Waals surface area contributed by atoms with Crippen LogP contribution in [0.5, 0.6) is 0 Å². The van der Waals surface area contributed by atoms with Crippen molar-refractivity contribution in [1.82, 2.24) is 5.32 Å². The molecule has 0 aromatic heterocycles. The van der Waals surface area contributed by atoms with Crippen molar-refractivity contribution in [2.24, 2.45) is 0 Å². The highest BCUT2D eigenvalue weighted by atomic mass is 14.9. The molecular formula is C17H25N. The van der Waals surface area contributed by atoms with Crippen molar-refractivity contribution >= 4 is 0 Å². The number of likely N-dealkylation sites (N-methyl/N-ethyl adjacent to an activating group) is 1. The smallest absolute Gasteiger partial charge is 0.0344 e. The molecule has 1 saturated carbocycles. The molecule has 1 heteroatoms. The summed E-state index contributed by atoms with van der Waals surface area (Å²) in [6.07, 6.45) is 8.73. The maximum atomic E-state index is 4.06. The Morgan fingerprint density at radius 1 is 1.22 bits per heavy atom. The van der Waals surface area contributed by atoms with Crippen LogP contribution in [0.4, 0.5) is 0 Å². The SMILES string of the molecule is C=CC(NCC)C1(c2ccccc2)CCCCC1. The molecule has 1 aromatic rings. The summed E-state index contributed by atoms with van der Waals surface area (Å²) in [6.45, 7) is 7.25. The summed E-state index contributed by atoms with van der Waals surface area (Å²) >= 11 is 0. The van der Waals surface area contributed by atoms with Crippen LogP contribution in [-0.2, 0) is 5.41 Å². The molecular weight excluding hydrogens is 218 g/mol. The van der Waals surface area contributed by atoms with Gasteiger partial charge >= 0.3 is 0 Å². The van der Waals surface area contributed by atoms with Crippen molar-refractivity contribution in [3.05, 3.63) is 48.6 Å². The average molecular weight is 243 g/mol. The molecule has 1 atom stereocenters. The van der Waals surface area contributed by atoms with Crippen LogP contribution in [0.25, 0.3) is 0 Å². The Morgan fingerprint density at radius 3 is 2.44 bits per heavy atom. The van der Waals surface area contributed by atoms with Crippen LogP contribution in [0.1, 0.15) is 44.6 Å². The van der Waals surface area contributed by atoms with E-state index in [4.69, 9.17) is 0 Å². The zero-order valence-corrected chi connectivity index (χ0v) is 11.5. The molecule has 1 fully saturated rings. The standard InChI is InChI=1S/C17H25N/c1-3-16(18-4-2)17(13-9-6-10-14-17)15-11-7-5-8-12-15/h3,5,7-8,11-12,16,18H,1,4,6,9-10,13-14H2,2H3. The monoisotopic (exact) mass is 243 g/mol. The van der Waals surface area contributed by atoms with Crippen molar-refractivity contribution in [2.75, 3.05) is 6.54 Å². The van der Waals surface area contributed by atoms with Gasteiger partial charge in [-0.3, -0.25) is 0 Å². The van der Waals surface area contributed by atoms with E-state index in [1.807, 2.05) is 0 Å². The number of hydrogen-bond acceptors (Lipinski definition) is 1. The second-order valence-corrected chi connectivity index (χ2v) is 5.35. The Morgan fingerprint density at radius 2 is 1.89 bits per heavy atom. The molecule has 1 aromatic carbocycles. The van der Waals surface area contributed by atoms with Gasteiger partial charge in [0.15, 0.2) is 0 Å². The van der Waals surface area contributed by atoms with Gasteiger partial charge in [0, 0.05) is 11.5 Å². The molecule has 0 bridgehead atoms. The van der Waals surface area contributed by atoms with Crippen molar-refractivity contribution in [1.29, 1.82) is 0 Å². The maximum Gasteiger partial charge on any atom is 0.0344 e. The summed E-state index contributed by atoms with van der Waals surface area (Å²) in [4.78, 5) is 0. The van der Waals surface area contributed by atoms with E-state index in [0.29, 0.717) is 6.04 Å². The fraction of sp³-hybridized carbons (Fsp3) is 0.529. The molecule has 18 heavy (non-hydrogen) atoms.